The number of carbonyl (C=O) groups is 2. The molecular formula is C29H41NO7Si. The van der Waals surface area contributed by atoms with Crippen LogP contribution in [0.3, 0.4) is 0 Å². The van der Waals surface area contributed by atoms with Crippen molar-refractivity contribution < 1.29 is 33.3 Å². The first kappa shape index (κ1) is 29.8. The maximum atomic E-state index is 12.5. The van der Waals surface area contributed by atoms with E-state index in [-0.39, 0.29) is 11.6 Å². The van der Waals surface area contributed by atoms with Crippen molar-refractivity contribution in [1.82, 2.24) is 5.32 Å². The lowest BCUT2D eigenvalue weighted by molar-refractivity contribution is -0.157. The molecule has 0 radical (unpaired) electrons. The molecule has 2 N–H and O–H groups in total. The number of ether oxygens (including phenoxy) is 3. The van der Waals surface area contributed by atoms with E-state index in [0.29, 0.717) is 0 Å². The zero-order valence-electron chi connectivity index (χ0n) is 23.6. The first-order chi connectivity index (χ1) is 17.6. The predicted octanol–water partition coefficient (Wildman–Crippen LogP) is 4.06. The van der Waals surface area contributed by atoms with Gasteiger partial charge < -0.3 is 29.1 Å². The fourth-order valence-electron chi connectivity index (χ4n) is 4.96. The molecule has 8 nitrogen and oxygen atoms in total. The minimum absolute atomic E-state index is 0.0706. The first-order valence-corrected chi connectivity index (χ1v) is 14.8. The van der Waals surface area contributed by atoms with Crippen LogP contribution in [0.2, 0.25) is 5.04 Å². The van der Waals surface area contributed by atoms with Crippen LogP contribution in [0.25, 0.3) is 0 Å². The van der Waals surface area contributed by atoms with E-state index in [0.717, 1.165) is 10.4 Å². The Morgan fingerprint density at radius 2 is 1.45 bits per heavy atom. The Kier molecular flexibility index (Phi) is 8.77. The highest BCUT2D eigenvalue weighted by atomic mass is 28.4. The van der Waals surface area contributed by atoms with E-state index >= 15 is 0 Å². The van der Waals surface area contributed by atoms with Crippen molar-refractivity contribution in [2.75, 3.05) is 6.61 Å². The lowest BCUT2D eigenvalue weighted by Gasteiger charge is -2.43. The summed E-state index contributed by atoms with van der Waals surface area (Å²) in [5.41, 5.74) is -0.786. The zero-order chi connectivity index (χ0) is 28.4. The van der Waals surface area contributed by atoms with E-state index in [4.69, 9.17) is 18.6 Å². The number of alkyl carbamates (subject to hydrolysis) is 1. The van der Waals surface area contributed by atoms with Crippen molar-refractivity contribution >= 4 is 30.8 Å². The molecule has 0 saturated carbocycles. The highest BCUT2D eigenvalue weighted by molar-refractivity contribution is 6.99. The fourth-order valence-corrected chi connectivity index (χ4v) is 9.53. The topological polar surface area (TPSA) is 103 Å². The molecular weight excluding hydrogens is 502 g/mol. The third-order valence-corrected chi connectivity index (χ3v) is 11.4. The molecule has 0 unspecified atom stereocenters. The molecule has 3 atom stereocenters. The van der Waals surface area contributed by atoms with E-state index < -0.39 is 50.0 Å². The Morgan fingerprint density at radius 3 is 1.87 bits per heavy atom. The molecule has 1 saturated heterocycles. The second-order valence-corrected chi connectivity index (χ2v) is 16.4. The highest BCUT2D eigenvalue weighted by Gasteiger charge is 2.53. The number of amides is 1. The van der Waals surface area contributed by atoms with Crippen LogP contribution < -0.4 is 15.7 Å². The number of rotatable bonds is 8. The first-order valence-electron chi connectivity index (χ1n) is 12.9. The Balaban J connectivity index is 1.98. The van der Waals surface area contributed by atoms with Gasteiger partial charge in [-0.05, 0) is 50.0 Å². The molecule has 2 aromatic carbocycles. The molecule has 1 fully saturated rings. The summed E-state index contributed by atoms with van der Waals surface area (Å²) in [6.07, 6.45) is -2.61. The van der Waals surface area contributed by atoms with Gasteiger partial charge in [0, 0.05) is 0 Å². The smallest absolute Gasteiger partial charge is 0.408 e. The zero-order valence-corrected chi connectivity index (χ0v) is 24.6. The molecule has 2 aromatic rings. The minimum atomic E-state index is -2.91. The van der Waals surface area contributed by atoms with E-state index in [2.05, 4.69) is 50.4 Å². The molecule has 0 aliphatic carbocycles. The summed E-state index contributed by atoms with van der Waals surface area (Å²) >= 11 is 0. The number of carboxylic acid groups (broad SMARTS) is 1. The van der Waals surface area contributed by atoms with Gasteiger partial charge in [-0.3, -0.25) is 0 Å². The van der Waals surface area contributed by atoms with Gasteiger partial charge in [0.15, 0.2) is 11.8 Å². The van der Waals surface area contributed by atoms with Crippen LogP contribution >= 0.6 is 0 Å². The molecule has 38 heavy (non-hydrogen) atoms. The van der Waals surface area contributed by atoms with Gasteiger partial charge in [-0.2, -0.15) is 0 Å². The Hall–Kier alpha value is -2.72. The lowest BCUT2D eigenvalue weighted by atomic mass is 10.1. The summed E-state index contributed by atoms with van der Waals surface area (Å²) in [6.45, 7) is 15.1. The molecule has 0 spiro atoms. The maximum Gasteiger partial charge on any atom is 0.408 e. The number of hydrogen-bond donors (Lipinski definition) is 2. The minimum Gasteiger partial charge on any atom is -0.480 e. The average molecular weight is 544 g/mol. The van der Waals surface area contributed by atoms with Gasteiger partial charge in [-0.1, -0.05) is 81.4 Å². The number of hydrogen-bond acceptors (Lipinski definition) is 6. The summed E-state index contributed by atoms with van der Waals surface area (Å²) in [7, 11) is -2.91. The van der Waals surface area contributed by atoms with Crippen LogP contribution in [0, 0.1) is 0 Å². The third-order valence-electron chi connectivity index (χ3n) is 6.37. The molecule has 1 aliphatic heterocycles. The molecule has 208 valence electrons. The molecule has 3 rings (SSSR count). The Labute approximate surface area is 226 Å². The molecule has 1 amide bonds. The largest absolute Gasteiger partial charge is 0.480 e. The van der Waals surface area contributed by atoms with Crippen molar-refractivity contribution in [3.63, 3.8) is 0 Å². The number of benzene rings is 2. The van der Waals surface area contributed by atoms with Gasteiger partial charge >= 0.3 is 12.1 Å². The number of carboxylic acids is 1. The summed E-state index contributed by atoms with van der Waals surface area (Å²) < 4.78 is 24.5. The summed E-state index contributed by atoms with van der Waals surface area (Å²) in [4.78, 5) is 24.8. The van der Waals surface area contributed by atoms with Crippen LogP contribution in [0.1, 0.15) is 55.4 Å². The van der Waals surface area contributed by atoms with E-state index in [9.17, 15) is 14.7 Å². The average Bonchev–Trinajstić information content (AvgIpc) is 3.11. The van der Waals surface area contributed by atoms with Gasteiger partial charge in [-0.15, -0.1) is 0 Å². The van der Waals surface area contributed by atoms with Gasteiger partial charge in [0.25, 0.3) is 8.32 Å². The van der Waals surface area contributed by atoms with Crippen molar-refractivity contribution in [2.24, 2.45) is 0 Å². The van der Waals surface area contributed by atoms with Crippen LogP contribution in [-0.2, 0) is 23.4 Å². The quantitative estimate of drug-likeness (QED) is 0.484. The van der Waals surface area contributed by atoms with E-state index in [1.165, 1.54) is 0 Å². The normalized spacial score (nSPS) is 20.5. The van der Waals surface area contributed by atoms with Crippen molar-refractivity contribution in [1.29, 1.82) is 0 Å². The predicted molar refractivity (Wildman–Crippen MR) is 148 cm³/mol. The van der Waals surface area contributed by atoms with Crippen LogP contribution in [0.4, 0.5) is 4.79 Å². The van der Waals surface area contributed by atoms with Gasteiger partial charge in [0.2, 0.25) is 0 Å². The molecule has 0 aromatic heterocycles. The summed E-state index contributed by atoms with van der Waals surface area (Å²) in [6, 6.07) is 18.9. The number of nitrogens with one attached hydrogen (secondary N) is 1. The highest BCUT2D eigenvalue weighted by Crippen LogP contribution is 2.38. The number of carbonyl (C=O) groups excluding carboxylic acids is 1. The second kappa shape index (κ2) is 11.2. The van der Waals surface area contributed by atoms with Gasteiger partial charge in [0.05, 0.1) is 6.61 Å². The molecule has 1 heterocycles. The van der Waals surface area contributed by atoms with Crippen molar-refractivity contribution in [2.45, 2.75) is 90.1 Å². The van der Waals surface area contributed by atoms with E-state index in [1.54, 1.807) is 34.6 Å². The third kappa shape index (κ3) is 6.82. The van der Waals surface area contributed by atoms with Crippen LogP contribution in [0.15, 0.2) is 60.7 Å². The summed E-state index contributed by atoms with van der Waals surface area (Å²) in [5, 5.41) is 14.4. The molecule has 0 bridgehead atoms. The standard InChI is InChI=1S/C29H41NO7Si/c1-27(2,3)37-26(33)30-23(25(31)32)24-22(35-29(7,8)36-24)19-34-38(28(4,5)6,20-15-11-9-12-16-20)21-17-13-10-14-18-21/h9-18,22-24H,19H2,1-8H3,(H,30,33)(H,31,32)/t22-,23-,24+/m0/s1. The second-order valence-electron chi connectivity index (χ2n) is 12.1. The van der Waals surface area contributed by atoms with Crippen molar-refractivity contribution in [3.8, 4) is 0 Å². The fraction of sp³-hybridized carbons (Fsp3) is 0.517. The van der Waals surface area contributed by atoms with Crippen LogP contribution in [0.5, 0.6) is 0 Å². The van der Waals surface area contributed by atoms with E-state index in [1.807, 2.05) is 36.4 Å². The summed E-state index contributed by atoms with van der Waals surface area (Å²) in [5.74, 6) is -2.33. The Morgan fingerprint density at radius 1 is 0.947 bits per heavy atom. The van der Waals surface area contributed by atoms with Crippen molar-refractivity contribution in [3.05, 3.63) is 60.7 Å². The van der Waals surface area contributed by atoms with Gasteiger partial charge in [-0.25, -0.2) is 9.59 Å². The molecule has 9 heteroatoms. The Bertz CT molecular complexity index is 1050. The van der Waals surface area contributed by atoms with Crippen LogP contribution in [-0.4, -0.2) is 61.7 Å². The molecule has 1 aliphatic rings. The lowest BCUT2D eigenvalue weighted by Crippen LogP contribution is -2.67. The van der Waals surface area contributed by atoms with Gasteiger partial charge in [0.1, 0.15) is 17.8 Å². The SMILES string of the molecule is CC(C)(C)OC(=O)N[C@H](C(=O)O)[C@@H]1OC(C)(C)O[C@H]1CO[Si](c1ccccc1)(c1ccccc1)C(C)(C)C. The monoisotopic (exact) mass is 543 g/mol. The number of aliphatic carboxylic acids is 1. The maximum absolute atomic E-state index is 12.5.